The predicted molar refractivity (Wildman–Crippen MR) is 81.0 cm³/mol. The van der Waals surface area contributed by atoms with Crippen LogP contribution in [-0.2, 0) is 11.2 Å². The Morgan fingerprint density at radius 1 is 1.25 bits per heavy atom. The van der Waals surface area contributed by atoms with Crippen molar-refractivity contribution in [2.75, 3.05) is 0 Å². The summed E-state index contributed by atoms with van der Waals surface area (Å²) in [6.07, 6.45) is 1.95. The van der Waals surface area contributed by atoms with E-state index in [9.17, 15) is 4.79 Å². The molecule has 4 N–H and O–H groups in total. The van der Waals surface area contributed by atoms with Crippen molar-refractivity contribution in [3.05, 3.63) is 60.5 Å². The molecule has 0 aliphatic carbocycles. The first-order chi connectivity index (χ1) is 9.49. The van der Waals surface area contributed by atoms with Crippen LogP contribution in [0.15, 0.2) is 54.9 Å². The summed E-state index contributed by atoms with van der Waals surface area (Å²) >= 11 is 0. The summed E-state index contributed by atoms with van der Waals surface area (Å²) in [5.41, 5.74) is 7.28. The Bertz CT molecular complexity index is 469. The standard InChI is InChI=1S/C16H22N2O2/c1-12(19)7-6-10-16(20)18-15(13(2)17)11-14-8-4-3-5-9-14/h3-5,8-9,15,19H,1-2,6-7,10-11,17H2,(H,18,20). The molecular formula is C16H22N2O2. The Kier molecular flexibility index (Phi) is 6.37. The third kappa shape index (κ3) is 6.09. The maximum absolute atomic E-state index is 11.8. The average molecular weight is 274 g/mol. The van der Waals surface area contributed by atoms with Crippen LogP contribution in [0, 0.1) is 0 Å². The lowest BCUT2D eigenvalue weighted by Crippen LogP contribution is -2.39. The smallest absolute Gasteiger partial charge is 0.220 e. The van der Waals surface area contributed by atoms with Crippen molar-refractivity contribution < 1.29 is 9.90 Å². The number of aliphatic hydroxyl groups is 1. The zero-order valence-electron chi connectivity index (χ0n) is 11.6. The molecule has 1 amide bonds. The first-order valence-corrected chi connectivity index (χ1v) is 6.63. The Labute approximate surface area is 120 Å². The average Bonchev–Trinajstić information content (AvgIpc) is 2.38. The van der Waals surface area contributed by atoms with Gasteiger partial charge in [0.25, 0.3) is 0 Å². The zero-order chi connectivity index (χ0) is 15.0. The maximum Gasteiger partial charge on any atom is 0.220 e. The van der Waals surface area contributed by atoms with Crippen LogP contribution in [0.1, 0.15) is 24.8 Å². The van der Waals surface area contributed by atoms with Gasteiger partial charge in [0, 0.05) is 18.5 Å². The molecule has 0 bridgehead atoms. The number of nitrogens with two attached hydrogens (primary N) is 1. The van der Waals surface area contributed by atoms with Gasteiger partial charge in [-0.1, -0.05) is 43.5 Å². The summed E-state index contributed by atoms with van der Waals surface area (Å²) in [4.78, 5) is 11.8. The van der Waals surface area contributed by atoms with Crippen molar-refractivity contribution in [3.63, 3.8) is 0 Å². The lowest BCUT2D eigenvalue weighted by atomic mass is 10.0. The highest BCUT2D eigenvalue weighted by Gasteiger charge is 2.14. The molecule has 1 aromatic carbocycles. The lowest BCUT2D eigenvalue weighted by molar-refractivity contribution is -0.121. The van der Waals surface area contributed by atoms with E-state index in [0.29, 0.717) is 31.4 Å². The number of amides is 1. The molecule has 1 rings (SSSR count). The molecule has 4 heteroatoms. The number of nitrogens with one attached hydrogen (secondary N) is 1. The molecule has 0 spiro atoms. The van der Waals surface area contributed by atoms with Crippen LogP contribution in [0.4, 0.5) is 0 Å². The van der Waals surface area contributed by atoms with Crippen LogP contribution in [-0.4, -0.2) is 17.1 Å². The molecule has 4 nitrogen and oxygen atoms in total. The van der Waals surface area contributed by atoms with Crippen LogP contribution < -0.4 is 11.1 Å². The molecule has 1 aromatic rings. The van der Waals surface area contributed by atoms with Crippen molar-refractivity contribution >= 4 is 5.91 Å². The predicted octanol–water partition coefficient (Wildman–Crippen LogP) is 2.43. The first-order valence-electron chi connectivity index (χ1n) is 6.63. The van der Waals surface area contributed by atoms with Gasteiger partial charge in [-0.3, -0.25) is 4.79 Å². The lowest BCUT2D eigenvalue weighted by Gasteiger charge is -2.18. The maximum atomic E-state index is 11.8. The van der Waals surface area contributed by atoms with Gasteiger partial charge in [-0.25, -0.2) is 0 Å². The zero-order valence-corrected chi connectivity index (χ0v) is 11.6. The second-order valence-corrected chi connectivity index (χ2v) is 4.80. The Hall–Kier alpha value is -2.23. The van der Waals surface area contributed by atoms with Gasteiger partial charge in [-0.05, 0) is 18.4 Å². The summed E-state index contributed by atoms with van der Waals surface area (Å²) in [5, 5.41) is 11.8. The highest BCUT2D eigenvalue weighted by atomic mass is 16.3. The van der Waals surface area contributed by atoms with Gasteiger partial charge >= 0.3 is 0 Å². The van der Waals surface area contributed by atoms with E-state index in [2.05, 4.69) is 18.5 Å². The monoisotopic (exact) mass is 274 g/mol. The number of allylic oxidation sites excluding steroid dienone is 1. The second kappa shape index (κ2) is 8.04. The van der Waals surface area contributed by atoms with Gasteiger partial charge in [0.2, 0.25) is 5.91 Å². The summed E-state index contributed by atoms with van der Waals surface area (Å²) < 4.78 is 0. The van der Waals surface area contributed by atoms with Crippen molar-refractivity contribution in [1.82, 2.24) is 5.32 Å². The fraction of sp³-hybridized carbons (Fsp3) is 0.312. The summed E-state index contributed by atoms with van der Waals surface area (Å²) in [5.74, 6) is 0.000603. The number of hydrogen-bond donors (Lipinski definition) is 3. The molecule has 0 heterocycles. The Morgan fingerprint density at radius 2 is 1.90 bits per heavy atom. The molecule has 1 unspecified atom stereocenters. The molecule has 0 aliphatic heterocycles. The number of benzene rings is 1. The first kappa shape index (κ1) is 15.8. The van der Waals surface area contributed by atoms with Crippen molar-refractivity contribution in [1.29, 1.82) is 0 Å². The molecule has 20 heavy (non-hydrogen) atoms. The van der Waals surface area contributed by atoms with E-state index in [4.69, 9.17) is 10.8 Å². The van der Waals surface area contributed by atoms with E-state index < -0.39 is 0 Å². The quantitative estimate of drug-likeness (QED) is 0.637. The molecule has 0 radical (unpaired) electrons. The topological polar surface area (TPSA) is 75.3 Å². The second-order valence-electron chi connectivity index (χ2n) is 4.80. The summed E-state index contributed by atoms with van der Waals surface area (Å²) in [6.45, 7) is 7.11. The molecule has 0 saturated heterocycles. The minimum atomic E-state index is -0.276. The van der Waals surface area contributed by atoms with Gasteiger partial charge in [0.05, 0.1) is 11.8 Å². The van der Waals surface area contributed by atoms with Gasteiger partial charge in [0.1, 0.15) is 0 Å². The van der Waals surface area contributed by atoms with Crippen LogP contribution in [0.3, 0.4) is 0 Å². The third-order valence-corrected chi connectivity index (χ3v) is 2.93. The SMILES string of the molecule is C=C(O)CCCC(=O)NC(Cc1ccccc1)C(=C)N. The van der Waals surface area contributed by atoms with Crippen LogP contribution in [0.5, 0.6) is 0 Å². The van der Waals surface area contributed by atoms with Crippen molar-refractivity contribution in [2.45, 2.75) is 31.7 Å². The number of carbonyl (C=O) groups excluding carboxylic acids is 1. The van der Waals surface area contributed by atoms with E-state index in [1.54, 1.807) is 0 Å². The third-order valence-electron chi connectivity index (χ3n) is 2.93. The largest absolute Gasteiger partial charge is 0.513 e. The van der Waals surface area contributed by atoms with E-state index in [-0.39, 0.29) is 17.7 Å². The van der Waals surface area contributed by atoms with Crippen LogP contribution in [0.25, 0.3) is 0 Å². The minimum absolute atomic E-state index is 0.0984. The normalized spacial score (nSPS) is 11.6. The Balaban J connectivity index is 2.49. The fourth-order valence-electron chi connectivity index (χ4n) is 1.84. The molecule has 0 aliphatic rings. The minimum Gasteiger partial charge on any atom is -0.513 e. The van der Waals surface area contributed by atoms with Gasteiger partial charge in [0.15, 0.2) is 0 Å². The van der Waals surface area contributed by atoms with Gasteiger partial charge in [-0.2, -0.15) is 0 Å². The molecule has 0 fully saturated rings. The highest BCUT2D eigenvalue weighted by molar-refractivity contribution is 5.76. The molecule has 0 saturated carbocycles. The van der Waals surface area contributed by atoms with Gasteiger partial charge < -0.3 is 16.2 Å². The summed E-state index contributed by atoms with van der Waals surface area (Å²) in [7, 11) is 0. The molecular weight excluding hydrogens is 252 g/mol. The molecule has 1 atom stereocenters. The van der Waals surface area contributed by atoms with Crippen LogP contribution in [0.2, 0.25) is 0 Å². The molecule has 0 aromatic heterocycles. The van der Waals surface area contributed by atoms with E-state index in [1.165, 1.54) is 0 Å². The number of rotatable bonds is 8. The van der Waals surface area contributed by atoms with E-state index >= 15 is 0 Å². The van der Waals surface area contributed by atoms with Crippen LogP contribution >= 0.6 is 0 Å². The van der Waals surface area contributed by atoms with Gasteiger partial charge in [-0.15, -0.1) is 0 Å². The fourth-order valence-corrected chi connectivity index (χ4v) is 1.84. The summed E-state index contributed by atoms with van der Waals surface area (Å²) in [6, 6.07) is 9.52. The highest BCUT2D eigenvalue weighted by Crippen LogP contribution is 2.07. The van der Waals surface area contributed by atoms with Crippen molar-refractivity contribution in [2.24, 2.45) is 5.73 Å². The van der Waals surface area contributed by atoms with E-state index in [0.717, 1.165) is 5.56 Å². The number of aliphatic hydroxyl groups excluding tert-OH is 1. The number of carbonyl (C=O) groups is 1. The van der Waals surface area contributed by atoms with Crippen molar-refractivity contribution in [3.8, 4) is 0 Å². The Morgan fingerprint density at radius 3 is 2.45 bits per heavy atom. The number of hydrogen-bond acceptors (Lipinski definition) is 3. The van der Waals surface area contributed by atoms with E-state index in [1.807, 2.05) is 30.3 Å². The molecule has 108 valence electrons.